The van der Waals surface area contributed by atoms with Gasteiger partial charge in [0.2, 0.25) is 0 Å². The Kier molecular flexibility index (Phi) is 9.98. The molecule has 0 aromatic rings. The molecule has 0 rings (SSSR count). The Morgan fingerprint density at radius 1 is 0.950 bits per heavy atom. The molecule has 0 atom stereocenters. The topological polar surface area (TPSA) is 76.7 Å². The molecule has 118 valence electrons. The molecule has 0 unspecified atom stereocenters. The number of nitrogens with one attached hydrogen (secondary N) is 2. The van der Waals surface area contributed by atoms with E-state index in [1.165, 1.54) is 0 Å². The van der Waals surface area contributed by atoms with Crippen molar-refractivity contribution < 1.29 is 19.1 Å². The predicted molar refractivity (Wildman–Crippen MR) is 77.9 cm³/mol. The van der Waals surface area contributed by atoms with Gasteiger partial charge < -0.3 is 20.1 Å². The summed E-state index contributed by atoms with van der Waals surface area (Å²) < 4.78 is 9.62. The molecule has 0 spiro atoms. The van der Waals surface area contributed by atoms with Crippen molar-refractivity contribution in [1.29, 1.82) is 0 Å². The van der Waals surface area contributed by atoms with E-state index >= 15 is 0 Å². The van der Waals surface area contributed by atoms with Crippen molar-refractivity contribution in [3.05, 3.63) is 0 Å². The molecule has 0 aliphatic rings. The highest BCUT2D eigenvalue weighted by Gasteiger charge is 2.15. The lowest BCUT2D eigenvalue weighted by Gasteiger charge is -2.19. The molecule has 2 amide bonds. The molecule has 0 aromatic carbocycles. The molecule has 0 aromatic heterocycles. The van der Waals surface area contributed by atoms with Crippen LogP contribution in [0.4, 0.5) is 9.59 Å². The molecule has 7 heteroatoms. The van der Waals surface area contributed by atoms with E-state index in [1.54, 1.807) is 0 Å². The van der Waals surface area contributed by atoms with Gasteiger partial charge in [-0.1, -0.05) is 24.4 Å². The summed E-state index contributed by atoms with van der Waals surface area (Å²) in [6.45, 7) is 6.64. The third kappa shape index (κ3) is 13.3. The van der Waals surface area contributed by atoms with E-state index in [0.29, 0.717) is 13.1 Å². The molecule has 20 heavy (non-hydrogen) atoms. The van der Waals surface area contributed by atoms with Crippen LogP contribution in [0.2, 0.25) is 0 Å². The molecule has 2 N–H and O–H groups in total. The number of carbonyl (C=O) groups excluding carboxylic acids is 2. The summed E-state index contributed by atoms with van der Waals surface area (Å²) >= 11 is 5.23. The zero-order valence-corrected chi connectivity index (χ0v) is 13.2. The minimum atomic E-state index is -0.494. The number of rotatable bonds is 8. The Balaban J connectivity index is 3.33. The maximum absolute atomic E-state index is 11.3. The lowest BCUT2D eigenvalue weighted by Crippen LogP contribution is -2.33. The van der Waals surface area contributed by atoms with Crippen LogP contribution in [0, 0.1) is 0 Å². The minimum Gasteiger partial charge on any atom is -0.444 e. The SMILES string of the molecule is CC(C)(C)OC(=O)NCCCCCCNC(=O)OCCl. The summed E-state index contributed by atoms with van der Waals surface area (Å²) in [5.74, 6) is 0. The van der Waals surface area contributed by atoms with E-state index in [2.05, 4.69) is 15.4 Å². The fourth-order valence-corrected chi connectivity index (χ4v) is 1.50. The quantitative estimate of drug-likeness (QED) is 0.534. The van der Waals surface area contributed by atoms with Crippen molar-refractivity contribution in [2.45, 2.75) is 52.1 Å². The second-order valence-corrected chi connectivity index (χ2v) is 5.53. The van der Waals surface area contributed by atoms with Crippen LogP contribution >= 0.6 is 11.6 Å². The lowest BCUT2D eigenvalue weighted by atomic mass is 10.2. The van der Waals surface area contributed by atoms with Crippen LogP contribution in [0.15, 0.2) is 0 Å². The molecule has 6 nitrogen and oxygen atoms in total. The van der Waals surface area contributed by atoms with Crippen LogP contribution in [-0.4, -0.2) is 36.9 Å². The first-order chi connectivity index (χ1) is 9.35. The molecule has 0 fully saturated rings. The van der Waals surface area contributed by atoms with Crippen LogP contribution in [0.3, 0.4) is 0 Å². The Bertz CT molecular complexity index is 293. The van der Waals surface area contributed by atoms with Crippen LogP contribution in [0.25, 0.3) is 0 Å². The van der Waals surface area contributed by atoms with Gasteiger partial charge in [0.25, 0.3) is 0 Å². The van der Waals surface area contributed by atoms with Crippen molar-refractivity contribution in [3.8, 4) is 0 Å². The second kappa shape index (κ2) is 10.6. The Morgan fingerprint density at radius 3 is 1.90 bits per heavy atom. The van der Waals surface area contributed by atoms with E-state index in [-0.39, 0.29) is 12.2 Å². The fourth-order valence-electron chi connectivity index (χ4n) is 1.40. The maximum atomic E-state index is 11.3. The minimum absolute atomic E-state index is 0.137. The zero-order valence-electron chi connectivity index (χ0n) is 12.5. The number of alkyl halides is 1. The van der Waals surface area contributed by atoms with E-state index in [0.717, 1.165) is 25.7 Å². The molecule has 0 radical (unpaired) electrons. The first-order valence-corrected chi connectivity index (χ1v) is 7.32. The van der Waals surface area contributed by atoms with Crippen molar-refractivity contribution in [1.82, 2.24) is 10.6 Å². The van der Waals surface area contributed by atoms with Gasteiger partial charge in [-0.3, -0.25) is 0 Å². The summed E-state index contributed by atoms with van der Waals surface area (Å²) in [5.41, 5.74) is -0.465. The van der Waals surface area contributed by atoms with Gasteiger partial charge in [-0.2, -0.15) is 0 Å². The normalized spacial score (nSPS) is 10.8. The summed E-state index contributed by atoms with van der Waals surface area (Å²) in [4.78, 5) is 22.2. The molecule has 0 aliphatic heterocycles. The Hall–Kier alpha value is -1.17. The predicted octanol–water partition coefficient (Wildman–Crippen LogP) is 2.99. The van der Waals surface area contributed by atoms with Crippen LogP contribution in [0.5, 0.6) is 0 Å². The zero-order chi connectivity index (χ0) is 15.4. The number of unbranched alkanes of at least 4 members (excludes halogenated alkanes) is 3. The number of amides is 2. The number of hydrogen-bond donors (Lipinski definition) is 2. The summed E-state index contributed by atoms with van der Waals surface area (Å²) in [6, 6.07) is -0.137. The summed E-state index contributed by atoms with van der Waals surface area (Å²) in [7, 11) is 0. The standard InChI is InChI=1S/C13H25ClN2O4/c1-13(2,3)20-12(18)16-9-7-5-4-6-8-15-11(17)19-10-14/h4-10H2,1-3H3,(H,15,17)(H,16,18). The highest BCUT2D eigenvalue weighted by atomic mass is 35.5. The highest BCUT2D eigenvalue weighted by Crippen LogP contribution is 2.06. The summed E-state index contributed by atoms with van der Waals surface area (Å²) in [6.07, 6.45) is 2.81. The first kappa shape index (κ1) is 18.8. The van der Waals surface area contributed by atoms with E-state index in [1.807, 2.05) is 20.8 Å². The third-order valence-electron chi connectivity index (χ3n) is 2.23. The Morgan fingerprint density at radius 2 is 1.45 bits per heavy atom. The number of alkyl carbamates (subject to hydrolysis) is 2. The van der Waals surface area contributed by atoms with E-state index in [9.17, 15) is 9.59 Å². The van der Waals surface area contributed by atoms with Gasteiger partial charge in [0.05, 0.1) is 0 Å². The largest absolute Gasteiger partial charge is 0.444 e. The van der Waals surface area contributed by atoms with Gasteiger partial charge in [0.15, 0.2) is 6.07 Å². The van der Waals surface area contributed by atoms with Gasteiger partial charge in [0, 0.05) is 13.1 Å². The third-order valence-corrected chi connectivity index (χ3v) is 2.34. The van der Waals surface area contributed by atoms with E-state index < -0.39 is 11.7 Å². The Labute approximate surface area is 125 Å². The number of hydrogen-bond acceptors (Lipinski definition) is 4. The van der Waals surface area contributed by atoms with Gasteiger partial charge in [0.1, 0.15) is 5.60 Å². The van der Waals surface area contributed by atoms with Crippen molar-refractivity contribution in [2.75, 3.05) is 19.2 Å². The van der Waals surface area contributed by atoms with Crippen molar-refractivity contribution >= 4 is 23.8 Å². The van der Waals surface area contributed by atoms with Crippen molar-refractivity contribution in [2.24, 2.45) is 0 Å². The highest BCUT2D eigenvalue weighted by molar-refractivity contribution is 6.17. The van der Waals surface area contributed by atoms with Gasteiger partial charge in [-0.25, -0.2) is 9.59 Å². The summed E-state index contributed by atoms with van der Waals surface area (Å²) in [5, 5.41) is 5.28. The smallest absolute Gasteiger partial charge is 0.408 e. The molecule has 0 heterocycles. The fraction of sp³-hybridized carbons (Fsp3) is 0.846. The second-order valence-electron chi connectivity index (χ2n) is 5.31. The van der Waals surface area contributed by atoms with Crippen LogP contribution < -0.4 is 10.6 Å². The maximum Gasteiger partial charge on any atom is 0.408 e. The van der Waals surface area contributed by atoms with Crippen LogP contribution in [-0.2, 0) is 9.47 Å². The number of halogens is 1. The van der Waals surface area contributed by atoms with Gasteiger partial charge >= 0.3 is 12.2 Å². The van der Waals surface area contributed by atoms with Crippen molar-refractivity contribution in [3.63, 3.8) is 0 Å². The number of ether oxygens (including phenoxy) is 2. The average Bonchev–Trinajstić information content (AvgIpc) is 2.30. The van der Waals surface area contributed by atoms with Gasteiger partial charge in [-0.15, -0.1) is 0 Å². The van der Waals surface area contributed by atoms with Gasteiger partial charge in [-0.05, 0) is 33.6 Å². The molecule has 0 bridgehead atoms. The molecular formula is C13H25ClN2O4. The number of carbonyl (C=O) groups is 2. The molecule has 0 saturated carbocycles. The lowest BCUT2D eigenvalue weighted by molar-refractivity contribution is 0.0527. The molecular weight excluding hydrogens is 284 g/mol. The molecule has 0 aliphatic carbocycles. The van der Waals surface area contributed by atoms with Crippen LogP contribution in [0.1, 0.15) is 46.5 Å². The first-order valence-electron chi connectivity index (χ1n) is 6.78. The molecule has 0 saturated heterocycles. The average molecular weight is 309 g/mol. The van der Waals surface area contributed by atoms with E-state index in [4.69, 9.17) is 16.3 Å². The monoisotopic (exact) mass is 308 g/mol.